The van der Waals surface area contributed by atoms with Gasteiger partial charge in [-0.1, -0.05) is 30.3 Å². The molecule has 3 aromatic rings. The maximum Gasteiger partial charge on any atom is 0.415 e. The zero-order valence-corrected chi connectivity index (χ0v) is 21.7. The SMILES string of the molecule is NCCCCOc1cccc(-c2cccc(CNCC[C@H]3CN(c4ccc5c(n4)NC(=O)CO5)C(=O)O3)c2)c1. The Morgan fingerprint density at radius 2 is 1.92 bits per heavy atom. The largest absolute Gasteiger partial charge is 0.494 e. The zero-order chi connectivity index (χ0) is 27.0. The lowest BCUT2D eigenvalue weighted by Crippen LogP contribution is -2.29. The van der Waals surface area contributed by atoms with Crippen molar-refractivity contribution in [2.45, 2.75) is 31.9 Å². The van der Waals surface area contributed by atoms with Crippen LogP contribution in [-0.4, -0.2) is 55.9 Å². The number of nitrogens with zero attached hydrogens (tertiary/aromatic N) is 2. The van der Waals surface area contributed by atoms with E-state index in [1.807, 2.05) is 12.1 Å². The fraction of sp³-hybridized carbons (Fsp3) is 0.345. The molecule has 0 radical (unpaired) electrons. The number of nitrogens with one attached hydrogen (secondary N) is 2. The van der Waals surface area contributed by atoms with Crippen molar-refractivity contribution in [1.29, 1.82) is 0 Å². The van der Waals surface area contributed by atoms with Crippen molar-refractivity contribution in [3.63, 3.8) is 0 Å². The van der Waals surface area contributed by atoms with Gasteiger partial charge in [-0.25, -0.2) is 9.78 Å². The van der Waals surface area contributed by atoms with E-state index in [0.717, 1.165) is 35.3 Å². The fourth-order valence-electron chi connectivity index (χ4n) is 4.52. The van der Waals surface area contributed by atoms with Crippen LogP contribution < -0.4 is 30.7 Å². The highest BCUT2D eigenvalue weighted by Gasteiger charge is 2.33. The van der Waals surface area contributed by atoms with Crippen molar-refractivity contribution < 1.29 is 23.8 Å². The predicted molar refractivity (Wildman–Crippen MR) is 148 cm³/mol. The van der Waals surface area contributed by atoms with E-state index in [9.17, 15) is 9.59 Å². The molecule has 4 N–H and O–H groups in total. The Morgan fingerprint density at radius 1 is 1.08 bits per heavy atom. The second-order valence-electron chi connectivity index (χ2n) is 9.51. The summed E-state index contributed by atoms with van der Waals surface area (Å²) in [5.41, 5.74) is 8.95. The molecule has 5 rings (SSSR count). The molecule has 3 heterocycles. The van der Waals surface area contributed by atoms with Crippen LogP contribution in [0.5, 0.6) is 11.5 Å². The number of cyclic esters (lactones) is 1. The number of benzene rings is 2. The molecule has 10 heteroatoms. The van der Waals surface area contributed by atoms with E-state index < -0.39 is 6.09 Å². The van der Waals surface area contributed by atoms with Gasteiger partial charge in [0.1, 0.15) is 17.7 Å². The summed E-state index contributed by atoms with van der Waals surface area (Å²) in [7, 11) is 0. The zero-order valence-electron chi connectivity index (χ0n) is 21.7. The van der Waals surface area contributed by atoms with Crippen LogP contribution in [0.4, 0.5) is 16.4 Å². The average molecular weight is 532 g/mol. The molecule has 2 aliphatic rings. The van der Waals surface area contributed by atoms with Crippen molar-refractivity contribution in [1.82, 2.24) is 10.3 Å². The molecule has 2 amide bonds. The Morgan fingerprint density at radius 3 is 2.79 bits per heavy atom. The Hall–Kier alpha value is -4.15. The standard InChI is InChI=1S/C29H33N5O5/c30-12-1-2-14-37-23-8-4-7-22(16-23)21-6-3-5-20(15-21)17-31-13-11-24-18-34(29(36)39-24)26-10-9-25-28(32-26)33-27(35)19-38-25/h3-10,15-16,24,31H,1-2,11-14,17-19,30H2,(H,32,33,35)/t24-/m0/s1. The highest BCUT2D eigenvalue weighted by Crippen LogP contribution is 2.30. The summed E-state index contributed by atoms with van der Waals surface area (Å²) in [5, 5.41) is 6.11. The smallest absolute Gasteiger partial charge is 0.415 e. The van der Waals surface area contributed by atoms with Crippen molar-refractivity contribution in [2.24, 2.45) is 5.73 Å². The minimum atomic E-state index is -0.450. The summed E-state index contributed by atoms with van der Waals surface area (Å²) in [6, 6.07) is 19.9. The summed E-state index contributed by atoms with van der Waals surface area (Å²) in [6.45, 7) is 3.07. The van der Waals surface area contributed by atoms with E-state index in [2.05, 4.69) is 52.0 Å². The van der Waals surface area contributed by atoms with E-state index in [0.29, 0.717) is 56.6 Å². The maximum absolute atomic E-state index is 12.5. The molecular weight excluding hydrogens is 498 g/mol. The van der Waals surface area contributed by atoms with Gasteiger partial charge in [0.15, 0.2) is 18.2 Å². The third kappa shape index (κ3) is 6.84. The van der Waals surface area contributed by atoms with Crippen molar-refractivity contribution in [3.05, 3.63) is 66.2 Å². The van der Waals surface area contributed by atoms with Gasteiger partial charge in [-0.2, -0.15) is 0 Å². The van der Waals surface area contributed by atoms with E-state index in [1.165, 1.54) is 4.90 Å². The molecule has 0 spiro atoms. The number of hydrogen-bond acceptors (Lipinski definition) is 8. The lowest BCUT2D eigenvalue weighted by atomic mass is 10.0. The first-order chi connectivity index (χ1) is 19.1. The number of hydrogen-bond donors (Lipinski definition) is 3. The van der Waals surface area contributed by atoms with Gasteiger partial charge in [-0.05, 0) is 79.4 Å². The minimum Gasteiger partial charge on any atom is -0.494 e. The summed E-state index contributed by atoms with van der Waals surface area (Å²) in [5.74, 6) is 1.79. The maximum atomic E-state index is 12.5. The number of unbranched alkanes of at least 4 members (excludes halogenated alkanes) is 1. The van der Waals surface area contributed by atoms with Gasteiger partial charge in [-0.15, -0.1) is 0 Å². The molecule has 1 fully saturated rings. The number of nitrogens with two attached hydrogens (primary N) is 1. The average Bonchev–Trinajstić information content (AvgIpc) is 3.33. The van der Waals surface area contributed by atoms with E-state index in [-0.39, 0.29) is 18.6 Å². The first-order valence-corrected chi connectivity index (χ1v) is 13.2. The Balaban J connectivity index is 1.10. The molecule has 0 unspecified atom stereocenters. The summed E-state index contributed by atoms with van der Waals surface area (Å²) in [6.07, 6.45) is 1.86. The predicted octanol–water partition coefficient (Wildman–Crippen LogP) is 3.70. The third-order valence-electron chi connectivity index (χ3n) is 6.54. The van der Waals surface area contributed by atoms with Crippen molar-refractivity contribution >= 4 is 23.6 Å². The van der Waals surface area contributed by atoms with Crippen LogP contribution in [0, 0.1) is 0 Å². The van der Waals surface area contributed by atoms with E-state index >= 15 is 0 Å². The molecular formula is C29H33N5O5. The molecule has 10 nitrogen and oxygen atoms in total. The van der Waals surface area contributed by atoms with Crippen LogP contribution in [0.25, 0.3) is 11.1 Å². The number of pyridine rings is 1. The van der Waals surface area contributed by atoms with Crippen molar-refractivity contribution in [3.8, 4) is 22.6 Å². The lowest BCUT2D eigenvalue weighted by Gasteiger charge is -2.19. The number of rotatable bonds is 12. The highest BCUT2D eigenvalue weighted by atomic mass is 16.6. The van der Waals surface area contributed by atoms with Crippen LogP contribution in [0.15, 0.2) is 60.7 Å². The van der Waals surface area contributed by atoms with Crippen LogP contribution in [0.2, 0.25) is 0 Å². The second-order valence-corrected chi connectivity index (χ2v) is 9.51. The molecule has 204 valence electrons. The Bertz CT molecular complexity index is 1320. The van der Waals surface area contributed by atoms with Crippen LogP contribution in [0.1, 0.15) is 24.8 Å². The molecule has 1 saturated heterocycles. The Labute approximate surface area is 227 Å². The van der Waals surface area contributed by atoms with E-state index in [4.69, 9.17) is 19.9 Å². The first kappa shape index (κ1) is 26.5. The molecule has 0 aliphatic carbocycles. The number of carbonyl (C=O) groups excluding carboxylic acids is 2. The summed E-state index contributed by atoms with van der Waals surface area (Å²) >= 11 is 0. The molecule has 2 aromatic carbocycles. The number of amides is 2. The van der Waals surface area contributed by atoms with Gasteiger partial charge in [0.05, 0.1) is 13.2 Å². The monoisotopic (exact) mass is 531 g/mol. The van der Waals surface area contributed by atoms with Crippen LogP contribution in [0.3, 0.4) is 0 Å². The van der Waals surface area contributed by atoms with Gasteiger partial charge in [0.25, 0.3) is 5.91 Å². The number of fused-ring (bicyclic) bond motifs is 1. The normalized spacial score (nSPS) is 16.3. The molecule has 1 atom stereocenters. The van der Waals surface area contributed by atoms with Gasteiger partial charge in [-0.3, -0.25) is 9.69 Å². The second kappa shape index (κ2) is 12.6. The highest BCUT2D eigenvalue weighted by molar-refractivity contribution is 5.95. The summed E-state index contributed by atoms with van der Waals surface area (Å²) in [4.78, 5) is 29.9. The first-order valence-electron chi connectivity index (χ1n) is 13.2. The molecule has 2 aliphatic heterocycles. The molecule has 0 bridgehead atoms. The van der Waals surface area contributed by atoms with Gasteiger partial charge >= 0.3 is 6.09 Å². The quantitative estimate of drug-likeness (QED) is 0.302. The molecule has 39 heavy (non-hydrogen) atoms. The van der Waals surface area contributed by atoms with Crippen molar-refractivity contribution in [2.75, 3.05) is 43.1 Å². The van der Waals surface area contributed by atoms with Crippen LogP contribution >= 0.6 is 0 Å². The summed E-state index contributed by atoms with van der Waals surface area (Å²) < 4.78 is 16.7. The third-order valence-corrected chi connectivity index (χ3v) is 6.54. The number of ether oxygens (including phenoxy) is 3. The molecule has 0 saturated carbocycles. The van der Waals surface area contributed by atoms with Gasteiger partial charge in [0.2, 0.25) is 0 Å². The topological polar surface area (TPSA) is 128 Å². The molecule has 1 aromatic heterocycles. The lowest BCUT2D eigenvalue weighted by molar-refractivity contribution is -0.118. The van der Waals surface area contributed by atoms with E-state index in [1.54, 1.807) is 12.1 Å². The number of carbonyl (C=O) groups is 2. The van der Waals surface area contributed by atoms with Crippen LogP contribution in [-0.2, 0) is 16.1 Å². The number of aromatic nitrogens is 1. The van der Waals surface area contributed by atoms with Gasteiger partial charge in [0, 0.05) is 6.54 Å². The Kier molecular flexibility index (Phi) is 8.55. The number of anilines is 2. The van der Waals surface area contributed by atoms with Gasteiger partial charge < -0.3 is 30.6 Å². The fourth-order valence-corrected chi connectivity index (χ4v) is 4.52. The minimum absolute atomic E-state index is 0.0444.